The number of rotatable bonds is 7. The van der Waals surface area contributed by atoms with Crippen LogP contribution in [-0.4, -0.2) is 94.3 Å². The van der Waals surface area contributed by atoms with Crippen LogP contribution in [0, 0.1) is 5.92 Å². The van der Waals surface area contributed by atoms with Crippen molar-refractivity contribution in [1.82, 2.24) is 0 Å². The fraction of sp³-hybridized carbons (Fsp3) is 0.692. The molecule has 0 amide bonds. The number of aliphatic hydroxyl groups is 4. The van der Waals surface area contributed by atoms with E-state index in [-0.39, 0.29) is 0 Å². The zero-order valence-corrected chi connectivity index (χ0v) is 12.2. The summed E-state index contributed by atoms with van der Waals surface area (Å²) in [4.78, 5) is 45.8. The van der Waals surface area contributed by atoms with E-state index in [0.29, 0.717) is 0 Å². The van der Waals surface area contributed by atoms with Crippen molar-refractivity contribution < 1.29 is 53.8 Å². The SMILES string of the molecule is O=C1OC(C(O)CO)C(COC(CO)C2OC(=O)C(O)C2=O)C1=O. The van der Waals surface area contributed by atoms with Gasteiger partial charge in [-0.25, -0.2) is 9.59 Å². The third-order valence-corrected chi connectivity index (χ3v) is 3.77. The molecule has 134 valence electrons. The van der Waals surface area contributed by atoms with E-state index in [1.165, 1.54) is 0 Å². The first-order valence-electron chi connectivity index (χ1n) is 7.00. The summed E-state index contributed by atoms with van der Waals surface area (Å²) >= 11 is 0. The number of aliphatic hydroxyl groups excluding tert-OH is 4. The summed E-state index contributed by atoms with van der Waals surface area (Å²) in [6, 6.07) is 0. The molecule has 6 unspecified atom stereocenters. The second-order valence-corrected chi connectivity index (χ2v) is 5.31. The van der Waals surface area contributed by atoms with E-state index < -0.39 is 79.8 Å². The van der Waals surface area contributed by atoms with Crippen LogP contribution in [0.2, 0.25) is 0 Å². The maximum absolute atomic E-state index is 11.7. The summed E-state index contributed by atoms with van der Waals surface area (Å²) in [5.74, 6) is -5.67. The molecule has 6 atom stereocenters. The molecule has 0 aliphatic carbocycles. The molecule has 2 heterocycles. The Labute approximate surface area is 134 Å². The molecule has 4 N–H and O–H groups in total. The molecule has 24 heavy (non-hydrogen) atoms. The van der Waals surface area contributed by atoms with Gasteiger partial charge in [0.05, 0.1) is 25.7 Å². The van der Waals surface area contributed by atoms with Crippen LogP contribution in [0.3, 0.4) is 0 Å². The molecule has 11 heteroatoms. The number of ketones is 2. The third kappa shape index (κ3) is 3.30. The van der Waals surface area contributed by atoms with Crippen LogP contribution in [0.25, 0.3) is 0 Å². The maximum Gasteiger partial charge on any atom is 0.375 e. The summed E-state index contributed by atoms with van der Waals surface area (Å²) in [7, 11) is 0. The van der Waals surface area contributed by atoms with E-state index in [4.69, 9.17) is 9.84 Å². The molecular formula is C13H16O11. The van der Waals surface area contributed by atoms with Crippen molar-refractivity contribution in [3.63, 3.8) is 0 Å². The van der Waals surface area contributed by atoms with Crippen molar-refractivity contribution in [3.05, 3.63) is 0 Å². The van der Waals surface area contributed by atoms with Gasteiger partial charge in [-0.15, -0.1) is 0 Å². The number of cyclic esters (lactones) is 2. The summed E-state index contributed by atoms with van der Waals surface area (Å²) in [5, 5.41) is 37.0. The molecule has 0 radical (unpaired) electrons. The van der Waals surface area contributed by atoms with E-state index in [1.54, 1.807) is 0 Å². The van der Waals surface area contributed by atoms with Crippen molar-refractivity contribution in [1.29, 1.82) is 0 Å². The van der Waals surface area contributed by atoms with Gasteiger partial charge in [-0.2, -0.15) is 0 Å². The molecule has 0 saturated carbocycles. The average Bonchev–Trinajstić information content (AvgIpc) is 2.99. The normalized spacial score (nSPS) is 32.7. The summed E-state index contributed by atoms with van der Waals surface area (Å²) < 4.78 is 14.4. The number of carbonyl (C=O) groups excluding carboxylic acids is 4. The largest absolute Gasteiger partial charge is 0.453 e. The molecule has 2 aliphatic heterocycles. The van der Waals surface area contributed by atoms with Gasteiger partial charge in [0.15, 0.2) is 6.10 Å². The van der Waals surface area contributed by atoms with Gasteiger partial charge in [0.25, 0.3) is 0 Å². The van der Waals surface area contributed by atoms with Gasteiger partial charge in [0.2, 0.25) is 17.7 Å². The fourth-order valence-corrected chi connectivity index (χ4v) is 2.43. The molecular weight excluding hydrogens is 332 g/mol. The summed E-state index contributed by atoms with van der Waals surface area (Å²) in [6.07, 6.45) is -7.79. The van der Waals surface area contributed by atoms with Crippen molar-refractivity contribution in [3.8, 4) is 0 Å². The predicted molar refractivity (Wildman–Crippen MR) is 69.2 cm³/mol. The zero-order chi connectivity index (χ0) is 18.0. The Hall–Kier alpha value is -1.92. The molecule has 2 fully saturated rings. The molecule has 0 spiro atoms. The van der Waals surface area contributed by atoms with Gasteiger partial charge in [0.1, 0.15) is 18.3 Å². The second kappa shape index (κ2) is 7.32. The number of ether oxygens (including phenoxy) is 3. The number of Topliss-reactive ketones (excluding diaryl/α,β-unsaturated/α-hetero) is 2. The standard InChI is InChI=1S/C13H16O11/c14-1-5(16)10-4(7(17)12(20)23-10)3-22-6(2-15)11-8(18)9(19)13(21)24-11/h4-6,9-11,14-16,19H,1-3H2. The van der Waals surface area contributed by atoms with Crippen molar-refractivity contribution >= 4 is 23.5 Å². The van der Waals surface area contributed by atoms with Crippen LogP contribution < -0.4 is 0 Å². The highest BCUT2D eigenvalue weighted by molar-refractivity contribution is 6.36. The Bertz CT molecular complexity index is 544. The zero-order valence-electron chi connectivity index (χ0n) is 12.2. The Morgan fingerprint density at radius 3 is 2.25 bits per heavy atom. The lowest BCUT2D eigenvalue weighted by Crippen LogP contribution is -2.43. The smallest absolute Gasteiger partial charge is 0.375 e. The first-order valence-corrected chi connectivity index (χ1v) is 7.00. The Morgan fingerprint density at radius 2 is 1.75 bits per heavy atom. The van der Waals surface area contributed by atoms with Crippen LogP contribution in [-0.2, 0) is 33.4 Å². The van der Waals surface area contributed by atoms with Crippen molar-refractivity contribution in [2.45, 2.75) is 30.5 Å². The van der Waals surface area contributed by atoms with Crippen LogP contribution in [0.15, 0.2) is 0 Å². The van der Waals surface area contributed by atoms with E-state index >= 15 is 0 Å². The Morgan fingerprint density at radius 1 is 1.08 bits per heavy atom. The minimum atomic E-state index is -1.98. The first-order chi connectivity index (χ1) is 11.3. The molecule has 0 aromatic heterocycles. The molecule has 2 rings (SSSR count). The molecule has 2 aliphatic rings. The minimum Gasteiger partial charge on any atom is -0.453 e. The molecule has 0 aromatic rings. The van der Waals surface area contributed by atoms with Crippen molar-refractivity contribution in [2.24, 2.45) is 5.92 Å². The van der Waals surface area contributed by atoms with E-state index in [2.05, 4.69) is 9.47 Å². The predicted octanol–water partition coefficient (Wildman–Crippen LogP) is -4.32. The molecule has 0 bridgehead atoms. The fourth-order valence-electron chi connectivity index (χ4n) is 2.43. The lowest BCUT2D eigenvalue weighted by atomic mass is 9.97. The molecule has 2 saturated heterocycles. The lowest BCUT2D eigenvalue weighted by Gasteiger charge is -2.24. The Kier molecular flexibility index (Phi) is 5.62. The number of hydrogen-bond donors (Lipinski definition) is 4. The summed E-state index contributed by atoms with van der Waals surface area (Å²) in [5.41, 5.74) is 0. The Balaban J connectivity index is 2.04. The second-order valence-electron chi connectivity index (χ2n) is 5.31. The first kappa shape index (κ1) is 18.4. The lowest BCUT2D eigenvalue weighted by molar-refractivity contribution is -0.156. The quantitative estimate of drug-likeness (QED) is 0.199. The third-order valence-electron chi connectivity index (χ3n) is 3.77. The highest BCUT2D eigenvalue weighted by Gasteiger charge is 2.50. The number of esters is 2. The molecule has 11 nitrogen and oxygen atoms in total. The van der Waals surface area contributed by atoms with Crippen LogP contribution in [0.5, 0.6) is 0 Å². The maximum atomic E-state index is 11.7. The number of carbonyl (C=O) groups is 4. The minimum absolute atomic E-state index is 0.547. The molecule has 0 aromatic carbocycles. The van der Waals surface area contributed by atoms with Crippen LogP contribution in [0.1, 0.15) is 0 Å². The van der Waals surface area contributed by atoms with E-state index in [1.807, 2.05) is 0 Å². The highest BCUT2D eigenvalue weighted by atomic mass is 16.6. The topological polar surface area (TPSA) is 177 Å². The van der Waals surface area contributed by atoms with E-state index in [9.17, 15) is 34.5 Å². The van der Waals surface area contributed by atoms with Crippen LogP contribution in [0.4, 0.5) is 0 Å². The van der Waals surface area contributed by atoms with Crippen molar-refractivity contribution in [2.75, 3.05) is 19.8 Å². The van der Waals surface area contributed by atoms with Gasteiger partial charge >= 0.3 is 11.9 Å². The van der Waals surface area contributed by atoms with Gasteiger partial charge in [-0.05, 0) is 0 Å². The summed E-state index contributed by atoms with van der Waals surface area (Å²) in [6.45, 7) is -2.09. The highest BCUT2D eigenvalue weighted by Crippen LogP contribution is 2.24. The van der Waals surface area contributed by atoms with Gasteiger partial charge in [-0.3, -0.25) is 9.59 Å². The van der Waals surface area contributed by atoms with Crippen LogP contribution >= 0.6 is 0 Å². The van der Waals surface area contributed by atoms with Gasteiger partial charge in [0, 0.05) is 0 Å². The van der Waals surface area contributed by atoms with E-state index in [0.717, 1.165) is 0 Å². The van der Waals surface area contributed by atoms with Gasteiger partial charge in [-0.1, -0.05) is 0 Å². The van der Waals surface area contributed by atoms with Gasteiger partial charge < -0.3 is 34.6 Å². The number of hydrogen-bond acceptors (Lipinski definition) is 11. The monoisotopic (exact) mass is 348 g/mol. The average molecular weight is 348 g/mol.